The Morgan fingerprint density at radius 3 is 2.69 bits per heavy atom. The maximum Gasteiger partial charge on any atom is 0.174 e. The minimum atomic E-state index is -0.230. The van der Waals surface area contributed by atoms with E-state index in [2.05, 4.69) is 0 Å². The zero-order valence-corrected chi connectivity index (χ0v) is 10.6. The lowest BCUT2D eigenvalue weighted by Crippen LogP contribution is -2.43. The van der Waals surface area contributed by atoms with Gasteiger partial charge in [-0.15, -0.1) is 11.3 Å². The summed E-state index contributed by atoms with van der Waals surface area (Å²) in [5.41, 5.74) is 7.16. The number of hydrogen-bond acceptors (Lipinski definition) is 3. The van der Waals surface area contributed by atoms with E-state index in [1.54, 1.807) is 0 Å². The smallest absolute Gasteiger partial charge is 0.174 e. The van der Waals surface area contributed by atoms with Crippen LogP contribution in [0, 0.1) is 6.92 Å². The molecule has 16 heavy (non-hydrogen) atoms. The largest absolute Gasteiger partial charge is 0.325 e. The maximum absolute atomic E-state index is 12.1. The topological polar surface area (TPSA) is 43.1 Å². The number of thiophene rings is 1. The van der Waals surface area contributed by atoms with Crippen molar-refractivity contribution in [1.82, 2.24) is 0 Å². The summed E-state index contributed by atoms with van der Waals surface area (Å²) < 4.78 is 0. The second-order valence-corrected chi connectivity index (χ2v) is 5.87. The quantitative estimate of drug-likeness (QED) is 0.820. The Balaban J connectivity index is 2.04. The van der Waals surface area contributed by atoms with E-state index >= 15 is 0 Å². The van der Waals surface area contributed by atoms with Gasteiger partial charge in [0, 0.05) is 12.0 Å². The van der Waals surface area contributed by atoms with Crippen molar-refractivity contribution in [3.05, 3.63) is 21.9 Å². The normalized spacial score (nSPS) is 19.6. The first-order valence-corrected chi connectivity index (χ1v) is 6.85. The summed E-state index contributed by atoms with van der Waals surface area (Å²) >= 11 is 1.54. The second kappa shape index (κ2) is 4.68. The van der Waals surface area contributed by atoms with Crippen LogP contribution in [0.25, 0.3) is 0 Å². The predicted molar refractivity (Wildman–Crippen MR) is 68.0 cm³/mol. The molecule has 0 spiro atoms. The first-order valence-electron chi connectivity index (χ1n) is 5.97. The molecule has 0 unspecified atom stereocenters. The average Bonchev–Trinajstić information content (AvgIpc) is 2.65. The number of carbonyl (C=O) groups is 1. The minimum Gasteiger partial charge on any atom is -0.325 e. The molecule has 1 aromatic rings. The molecule has 0 amide bonds. The molecule has 1 fully saturated rings. The van der Waals surface area contributed by atoms with Gasteiger partial charge in [0.2, 0.25) is 0 Å². The Morgan fingerprint density at radius 2 is 2.12 bits per heavy atom. The molecule has 0 radical (unpaired) electrons. The highest BCUT2D eigenvalue weighted by atomic mass is 32.1. The van der Waals surface area contributed by atoms with Crippen LogP contribution >= 0.6 is 11.3 Å². The molecule has 3 heteroatoms. The van der Waals surface area contributed by atoms with E-state index in [1.807, 2.05) is 18.4 Å². The number of carbonyl (C=O) groups excluding carboxylic acids is 1. The van der Waals surface area contributed by atoms with Crippen LogP contribution in [0.1, 0.15) is 53.8 Å². The first kappa shape index (κ1) is 11.8. The molecular formula is C13H19NOS. The number of nitrogens with two attached hydrogens (primary N) is 1. The molecular weight excluding hydrogens is 218 g/mol. The van der Waals surface area contributed by atoms with Crippen molar-refractivity contribution in [2.24, 2.45) is 5.73 Å². The third-order valence-corrected chi connectivity index (χ3v) is 4.53. The Hall–Kier alpha value is -0.670. The van der Waals surface area contributed by atoms with E-state index in [1.165, 1.54) is 30.6 Å². The van der Waals surface area contributed by atoms with E-state index in [0.29, 0.717) is 6.42 Å². The lowest BCUT2D eigenvalue weighted by Gasteiger charge is -2.32. The van der Waals surface area contributed by atoms with E-state index in [0.717, 1.165) is 23.3 Å². The van der Waals surface area contributed by atoms with Gasteiger partial charge in [-0.25, -0.2) is 0 Å². The van der Waals surface area contributed by atoms with Gasteiger partial charge in [0.15, 0.2) is 5.78 Å². The summed E-state index contributed by atoms with van der Waals surface area (Å²) in [5, 5.41) is 1.98. The van der Waals surface area contributed by atoms with Crippen LogP contribution in [0.15, 0.2) is 11.4 Å². The summed E-state index contributed by atoms with van der Waals surface area (Å²) in [6.07, 6.45) is 6.15. The fourth-order valence-electron chi connectivity index (χ4n) is 2.49. The molecule has 0 bridgehead atoms. The van der Waals surface area contributed by atoms with Gasteiger partial charge in [0.05, 0.1) is 4.88 Å². The molecule has 1 aromatic heterocycles. The minimum absolute atomic E-state index is 0.230. The van der Waals surface area contributed by atoms with Crippen LogP contribution in [0.5, 0.6) is 0 Å². The average molecular weight is 237 g/mol. The zero-order chi connectivity index (χ0) is 11.6. The highest BCUT2D eigenvalue weighted by Gasteiger charge is 2.30. The van der Waals surface area contributed by atoms with Crippen LogP contribution < -0.4 is 5.73 Å². The van der Waals surface area contributed by atoms with Crippen molar-refractivity contribution >= 4 is 17.1 Å². The molecule has 0 aromatic carbocycles. The van der Waals surface area contributed by atoms with E-state index in [4.69, 9.17) is 5.73 Å². The molecule has 1 aliphatic carbocycles. The molecule has 2 N–H and O–H groups in total. The molecule has 2 nitrogen and oxygen atoms in total. The van der Waals surface area contributed by atoms with Crippen molar-refractivity contribution < 1.29 is 4.79 Å². The van der Waals surface area contributed by atoms with Crippen molar-refractivity contribution in [3.63, 3.8) is 0 Å². The van der Waals surface area contributed by atoms with Crippen LogP contribution in [0.4, 0.5) is 0 Å². The highest BCUT2D eigenvalue weighted by Crippen LogP contribution is 2.31. The van der Waals surface area contributed by atoms with Crippen LogP contribution in [-0.4, -0.2) is 11.3 Å². The Kier molecular flexibility index (Phi) is 3.45. The summed E-state index contributed by atoms with van der Waals surface area (Å²) in [4.78, 5) is 13.0. The fourth-order valence-corrected chi connectivity index (χ4v) is 3.36. The standard InChI is InChI=1S/C13H19NOS/c1-10-5-8-16-12(10)11(15)9-13(14)6-3-2-4-7-13/h5,8H,2-4,6-7,9,14H2,1H3. The van der Waals surface area contributed by atoms with Crippen LogP contribution in [0.2, 0.25) is 0 Å². The first-order chi connectivity index (χ1) is 7.61. The number of Topliss-reactive ketones (excluding diaryl/α,β-unsaturated/α-hetero) is 1. The Bertz CT molecular complexity index is 377. The molecule has 1 saturated carbocycles. The van der Waals surface area contributed by atoms with Gasteiger partial charge in [-0.2, -0.15) is 0 Å². The van der Waals surface area contributed by atoms with Gasteiger partial charge in [-0.1, -0.05) is 19.3 Å². The Morgan fingerprint density at radius 1 is 1.44 bits per heavy atom. The lowest BCUT2D eigenvalue weighted by molar-refractivity contribution is 0.0938. The molecule has 2 rings (SSSR count). The van der Waals surface area contributed by atoms with Gasteiger partial charge >= 0.3 is 0 Å². The fraction of sp³-hybridized carbons (Fsp3) is 0.615. The maximum atomic E-state index is 12.1. The molecule has 1 aliphatic rings. The van der Waals surface area contributed by atoms with E-state index in [9.17, 15) is 4.79 Å². The van der Waals surface area contributed by atoms with Crippen molar-refractivity contribution in [2.75, 3.05) is 0 Å². The summed E-state index contributed by atoms with van der Waals surface area (Å²) in [6.45, 7) is 1.99. The molecule has 88 valence electrons. The highest BCUT2D eigenvalue weighted by molar-refractivity contribution is 7.12. The van der Waals surface area contributed by atoms with Gasteiger partial charge in [0.25, 0.3) is 0 Å². The third kappa shape index (κ3) is 2.53. The van der Waals surface area contributed by atoms with Gasteiger partial charge in [0.1, 0.15) is 0 Å². The monoisotopic (exact) mass is 237 g/mol. The third-order valence-electron chi connectivity index (χ3n) is 3.48. The van der Waals surface area contributed by atoms with Gasteiger partial charge in [-0.3, -0.25) is 4.79 Å². The summed E-state index contributed by atoms with van der Waals surface area (Å²) in [7, 11) is 0. The SMILES string of the molecule is Cc1ccsc1C(=O)CC1(N)CCCCC1. The van der Waals surface area contributed by atoms with Crippen molar-refractivity contribution in [2.45, 2.75) is 51.0 Å². The molecule has 0 atom stereocenters. The molecule has 0 aliphatic heterocycles. The lowest BCUT2D eigenvalue weighted by atomic mass is 9.79. The number of aryl methyl sites for hydroxylation is 1. The van der Waals surface area contributed by atoms with Crippen molar-refractivity contribution in [1.29, 1.82) is 0 Å². The molecule has 1 heterocycles. The van der Waals surface area contributed by atoms with Gasteiger partial charge < -0.3 is 5.73 Å². The van der Waals surface area contributed by atoms with Crippen LogP contribution in [0.3, 0.4) is 0 Å². The second-order valence-electron chi connectivity index (χ2n) is 4.96. The number of hydrogen-bond donors (Lipinski definition) is 1. The van der Waals surface area contributed by atoms with E-state index < -0.39 is 0 Å². The van der Waals surface area contributed by atoms with Crippen molar-refractivity contribution in [3.8, 4) is 0 Å². The number of ketones is 1. The van der Waals surface area contributed by atoms with E-state index in [-0.39, 0.29) is 11.3 Å². The number of rotatable bonds is 3. The summed E-state index contributed by atoms with van der Waals surface area (Å²) in [5.74, 6) is 0.233. The van der Waals surface area contributed by atoms with Gasteiger partial charge in [-0.05, 0) is 36.8 Å². The predicted octanol–water partition coefficient (Wildman–Crippen LogP) is 3.29. The summed E-state index contributed by atoms with van der Waals surface area (Å²) in [6, 6.07) is 2.00. The molecule has 0 saturated heterocycles. The zero-order valence-electron chi connectivity index (χ0n) is 9.79. The Labute approximate surface area is 101 Å². The van der Waals surface area contributed by atoms with Crippen LogP contribution in [-0.2, 0) is 0 Å².